The fourth-order valence-electron chi connectivity index (χ4n) is 3.07. The van der Waals surface area contributed by atoms with Crippen LogP contribution >= 0.6 is 0 Å². The number of aryl methyl sites for hydroxylation is 1. The van der Waals surface area contributed by atoms with Crippen LogP contribution in [-0.4, -0.2) is 22.4 Å². The zero-order valence-corrected chi connectivity index (χ0v) is 12.8. The van der Waals surface area contributed by atoms with Crippen molar-refractivity contribution in [3.05, 3.63) is 59.7 Å². The molecule has 1 aromatic carbocycles. The van der Waals surface area contributed by atoms with Crippen molar-refractivity contribution in [2.45, 2.75) is 19.8 Å². The van der Waals surface area contributed by atoms with Crippen molar-refractivity contribution in [3.8, 4) is 16.9 Å². The molecule has 5 nitrogen and oxygen atoms in total. The maximum absolute atomic E-state index is 12.3. The van der Waals surface area contributed by atoms with Crippen molar-refractivity contribution in [1.82, 2.24) is 9.78 Å². The Morgan fingerprint density at radius 1 is 1.26 bits per heavy atom. The lowest BCUT2D eigenvalue weighted by Gasteiger charge is -2.14. The molecule has 1 aliphatic rings. The highest BCUT2D eigenvalue weighted by Gasteiger charge is 2.30. The number of furan rings is 1. The van der Waals surface area contributed by atoms with Gasteiger partial charge in [-0.05, 0) is 31.5 Å². The summed E-state index contributed by atoms with van der Waals surface area (Å²) in [5.74, 6) is 0.565. The molecule has 2 heterocycles. The Bertz CT molecular complexity index is 862. The van der Waals surface area contributed by atoms with Gasteiger partial charge in [0, 0.05) is 17.5 Å². The molecule has 5 heteroatoms. The first-order valence-corrected chi connectivity index (χ1v) is 7.70. The van der Waals surface area contributed by atoms with Crippen LogP contribution in [0.15, 0.2) is 47.1 Å². The number of aromatic nitrogens is 2. The van der Waals surface area contributed by atoms with Gasteiger partial charge in [0.2, 0.25) is 0 Å². The molecule has 0 saturated heterocycles. The number of esters is 1. The lowest BCUT2D eigenvalue weighted by atomic mass is 9.94. The first kappa shape index (κ1) is 13.8. The second-order valence-electron chi connectivity index (χ2n) is 5.40. The Kier molecular flexibility index (Phi) is 3.26. The molecule has 0 amide bonds. The van der Waals surface area contributed by atoms with E-state index < -0.39 is 0 Å². The first-order valence-electron chi connectivity index (χ1n) is 7.70. The minimum Gasteiger partial charge on any atom is -0.469 e. The molecule has 0 fully saturated rings. The number of fused-ring (bicyclic) bond motifs is 3. The van der Waals surface area contributed by atoms with Crippen molar-refractivity contribution < 1.29 is 13.9 Å². The van der Waals surface area contributed by atoms with Gasteiger partial charge in [0.25, 0.3) is 0 Å². The van der Waals surface area contributed by atoms with Crippen molar-refractivity contribution in [1.29, 1.82) is 0 Å². The number of hydrogen-bond acceptors (Lipinski definition) is 4. The van der Waals surface area contributed by atoms with Crippen LogP contribution < -0.4 is 0 Å². The molecule has 0 saturated carbocycles. The molecule has 2 aromatic heterocycles. The highest BCUT2D eigenvalue weighted by Crippen LogP contribution is 2.37. The molecule has 1 aliphatic carbocycles. The van der Waals surface area contributed by atoms with Gasteiger partial charge in [-0.15, -0.1) is 0 Å². The number of carbonyl (C=O) groups excluding carboxylic acids is 1. The molecular weight excluding hydrogens is 292 g/mol. The predicted molar refractivity (Wildman–Crippen MR) is 84.6 cm³/mol. The molecule has 0 radical (unpaired) electrons. The van der Waals surface area contributed by atoms with E-state index in [0.29, 0.717) is 12.3 Å². The van der Waals surface area contributed by atoms with Crippen LogP contribution in [0.1, 0.15) is 28.7 Å². The van der Waals surface area contributed by atoms with E-state index >= 15 is 0 Å². The Balaban J connectivity index is 1.95. The molecule has 0 bridgehead atoms. The minimum absolute atomic E-state index is 0.336. The highest BCUT2D eigenvalue weighted by atomic mass is 16.5. The third-order valence-corrected chi connectivity index (χ3v) is 4.06. The Morgan fingerprint density at radius 3 is 2.87 bits per heavy atom. The van der Waals surface area contributed by atoms with Gasteiger partial charge in [-0.2, -0.15) is 5.10 Å². The summed E-state index contributed by atoms with van der Waals surface area (Å²) >= 11 is 0. The summed E-state index contributed by atoms with van der Waals surface area (Å²) in [5.41, 5.74) is 4.17. The largest absolute Gasteiger partial charge is 0.469 e. The summed E-state index contributed by atoms with van der Waals surface area (Å²) in [5, 5.41) is 4.56. The molecule has 0 aliphatic heterocycles. The van der Waals surface area contributed by atoms with E-state index in [1.54, 1.807) is 13.2 Å². The number of rotatable bonds is 3. The molecular formula is C18H16N2O3. The summed E-state index contributed by atoms with van der Waals surface area (Å²) < 4.78 is 12.6. The van der Waals surface area contributed by atoms with E-state index in [4.69, 9.17) is 9.15 Å². The number of benzene rings is 1. The number of hydrogen-bond donors (Lipinski definition) is 0. The molecule has 0 unspecified atom stereocenters. The van der Waals surface area contributed by atoms with E-state index in [1.807, 2.05) is 41.1 Å². The molecule has 3 aromatic rings. The smallest absolute Gasteiger partial charge is 0.359 e. The Hall–Kier alpha value is -2.82. The molecule has 0 atom stereocenters. The lowest BCUT2D eigenvalue weighted by Crippen LogP contribution is -2.10. The zero-order valence-electron chi connectivity index (χ0n) is 12.8. The maximum atomic E-state index is 12.3. The Morgan fingerprint density at radius 2 is 2.09 bits per heavy atom. The maximum Gasteiger partial charge on any atom is 0.359 e. The van der Waals surface area contributed by atoms with Crippen molar-refractivity contribution in [2.24, 2.45) is 0 Å². The standard InChI is InChI=1S/C18H16N2O3/c1-2-22-18(21)16-14-8-9-15-13(10-11-23-15)17(14)20(19-16)12-6-4-3-5-7-12/h3-7,10-11H,2,8-9H2,1H3. The van der Waals surface area contributed by atoms with Gasteiger partial charge in [0.05, 0.1) is 24.3 Å². The van der Waals surface area contributed by atoms with Gasteiger partial charge >= 0.3 is 5.97 Å². The third-order valence-electron chi connectivity index (χ3n) is 4.06. The fraction of sp³-hybridized carbons (Fsp3) is 0.222. The van der Waals surface area contributed by atoms with E-state index in [-0.39, 0.29) is 5.97 Å². The first-order chi connectivity index (χ1) is 11.3. The lowest BCUT2D eigenvalue weighted by molar-refractivity contribution is 0.0517. The Labute approximate surface area is 133 Å². The van der Waals surface area contributed by atoms with Gasteiger partial charge in [-0.1, -0.05) is 18.2 Å². The third kappa shape index (κ3) is 2.16. The van der Waals surface area contributed by atoms with Gasteiger partial charge in [0.15, 0.2) is 5.69 Å². The van der Waals surface area contributed by atoms with Gasteiger partial charge < -0.3 is 9.15 Å². The van der Waals surface area contributed by atoms with E-state index in [1.165, 1.54) is 0 Å². The van der Waals surface area contributed by atoms with Crippen LogP contribution in [0.2, 0.25) is 0 Å². The second-order valence-corrected chi connectivity index (χ2v) is 5.40. The summed E-state index contributed by atoms with van der Waals surface area (Å²) in [7, 11) is 0. The topological polar surface area (TPSA) is 57.3 Å². The normalized spacial score (nSPS) is 12.6. The summed E-state index contributed by atoms with van der Waals surface area (Å²) in [6.45, 7) is 2.13. The summed E-state index contributed by atoms with van der Waals surface area (Å²) in [6.07, 6.45) is 3.17. The molecule has 23 heavy (non-hydrogen) atoms. The summed E-state index contributed by atoms with van der Waals surface area (Å²) in [6, 6.07) is 11.7. The van der Waals surface area contributed by atoms with Crippen LogP contribution in [0.4, 0.5) is 0 Å². The quantitative estimate of drug-likeness (QED) is 0.696. The highest BCUT2D eigenvalue weighted by molar-refractivity contribution is 5.92. The SMILES string of the molecule is CCOC(=O)c1nn(-c2ccccc2)c2c1CCc1occc1-2. The van der Waals surface area contributed by atoms with E-state index in [9.17, 15) is 4.79 Å². The van der Waals surface area contributed by atoms with Crippen LogP contribution in [0, 0.1) is 0 Å². The number of nitrogens with zero attached hydrogens (tertiary/aromatic N) is 2. The van der Waals surface area contributed by atoms with E-state index in [2.05, 4.69) is 5.10 Å². The van der Waals surface area contributed by atoms with Crippen molar-refractivity contribution in [3.63, 3.8) is 0 Å². The van der Waals surface area contributed by atoms with Gasteiger partial charge in [-0.3, -0.25) is 0 Å². The van der Waals surface area contributed by atoms with E-state index in [0.717, 1.165) is 41.1 Å². The van der Waals surface area contributed by atoms with Crippen LogP contribution in [0.5, 0.6) is 0 Å². The number of carbonyl (C=O) groups is 1. The average molecular weight is 308 g/mol. The van der Waals surface area contributed by atoms with Crippen LogP contribution in [0.3, 0.4) is 0 Å². The molecule has 0 N–H and O–H groups in total. The fourth-order valence-corrected chi connectivity index (χ4v) is 3.07. The number of ether oxygens (including phenoxy) is 1. The van der Waals surface area contributed by atoms with Crippen LogP contribution in [0.25, 0.3) is 16.9 Å². The molecule has 0 spiro atoms. The van der Waals surface area contributed by atoms with Gasteiger partial charge in [0.1, 0.15) is 5.76 Å². The molecule has 4 rings (SSSR count). The second kappa shape index (κ2) is 5.43. The zero-order chi connectivity index (χ0) is 15.8. The van der Waals surface area contributed by atoms with Crippen molar-refractivity contribution >= 4 is 5.97 Å². The predicted octanol–water partition coefficient (Wildman–Crippen LogP) is 3.41. The average Bonchev–Trinajstić information content (AvgIpc) is 3.19. The monoisotopic (exact) mass is 308 g/mol. The van der Waals surface area contributed by atoms with Crippen molar-refractivity contribution in [2.75, 3.05) is 6.61 Å². The number of para-hydroxylation sites is 1. The van der Waals surface area contributed by atoms with Crippen LogP contribution in [-0.2, 0) is 17.6 Å². The minimum atomic E-state index is -0.370. The molecule has 116 valence electrons. The van der Waals surface area contributed by atoms with Gasteiger partial charge in [-0.25, -0.2) is 9.48 Å². The summed E-state index contributed by atoms with van der Waals surface area (Å²) in [4.78, 5) is 12.3.